The molecule has 0 amide bonds. The fraction of sp³-hybridized carbons (Fsp3) is 0.143. The average molecular weight is 248 g/mol. The molecule has 0 aliphatic heterocycles. The maximum Gasteiger partial charge on any atom is 1.00 e. The Labute approximate surface area is 112 Å². The Kier molecular flexibility index (Phi) is 11.0. The van der Waals surface area contributed by atoms with Gasteiger partial charge in [0.05, 0.1) is 4.90 Å². The number of aryl methyl sites for hydroxylation is 1. The molecule has 0 spiro atoms. The van der Waals surface area contributed by atoms with E-state index in [1.807, 2.05) is 6.92 Å². The van der Waals surface area contributed by atoms with Crippen molar-refractivity contribution in [1.82, 2.24) is 0 Å². The topological polar surface area (TPSA) is 100 Å². The van der Waals surface area contributed by atoms with Crippen molar-refractivity contribution in [1.29, 1.82) is 0 Å². The maximum atomic E-state index is 10.9. The van der Waals surface area contributed by atoms with Crippen molar-refractivity contribution in [3.05, 3.63) is 29.8 Å². The average Bonchev–Trinajstić information content (AvgIpc) is 1.86. The van der Waals surface area contributed by atoms with Crippen LogP contribution in [0, 0.1) is 6.92 Å². The number of hydrogen-bond acceptors (Lipinski definition) is 2. The van der Waals surface area contributed by atoms with Gasteiger partial charge in [0.15, 0.2) is 8.77 Å². The molecule has 0 radical (unpaired) electrons. The summed E-state index contributed by atoms with van der Waals surface area (Å²) in [6, 6.07) is 6.67. The maximum absolute atomic E-state index is 10.9. The molecular weight excluding hydrogens is 235 g/mol. The summed E-state index contributed by atoms with van der Waals surface area (Å²) in [6.45, 7) is 1.91. The van der Waals surface area contributed by atoms with Gasteiger partial charge in [0, 0.05) is 11.2 Å². The molecule has 4 nitrogen and oxygen atoms in total. The van der Waals surface area contributed by atoms with E-state index in [2.05, 4.69) is 11.2 Å². The molecule has 14 heavy (non-hydrogen) atoms. The molecule has 7 heteroatoms. The molecule has 1 unspecified atom stereocenters. The van der Waals surface area contributed by atoms with E-state index >= 15 is 0 Å². The molecule has 1 rings (SSSR count). The summed E-state index contributed by atoms with van der Waals surface area (Å²) in [7, 11) is -3.19. The first-order valence-electron chi connectivity index (χ1n) is 3.04. The fourth-order valence-corrected chi connectivity index (χ4v) is 1.52. The van der Waals surface area contributed by atoms with E-state index in [-0.39, 0.29) is 41.9 Å². The van der Waals surface area contributed by atoms with Crippen molar-refractivity contribution >= 4 is 20.0 Å². The summed E-state index contributed by atoms with van der Waals surface area (Å²) in [6.07, 6.45) is 0. The summed E-state index contributed by atoms with van der Waals surface area (Å²) in [5, 5.41) is 0. The molecule has 0 fully saturated rings. The molecule has 78 valence electrons. The Balaban J connectivity index is -0.000000151. The molecule has 0 bridgehead atoms. The monoisotopic (exact) mass is 248 g/mol. The minimum atomic E-state index is -3.19. The fourth-order valence-electron chi connectivity index (χ4n) is 0.710. The van der Waals surface area contributed by atoms with E-state index in [1.54, 1.807) is 24.3 Å². The molecule has 0 aliphatic rings. The molecule has 0 heterocycles. The first kappa shape index (κ1) is 20.0. The van der Waals surface area contributed by atoms with Gasteiger partial charge < -0.3 is 16.9 Å². The van der Waals surface area contributed by atoms with Gasteiger partial charge in [-0.15, -0.1) is 0 Å². The van der Waals surface area contributed by atoms with Gasteiger partial charge in [-0.3, -0.25) is 0 Å². The van der Waals surface area contributed by atoms with Crippen LogP contribution >= 0.6 is 0 Å². The minimum Gasteiger partial charge on any atom is -1.00 e. The van der Waals surface area contributed by atoms with E-state index in [4.69, 9.17) is 4.55 Å². The first-order chi connectivity index (χ1) is 5.00. The third kappa shape index (κ3) is 6.05. The van der Waals surface area contributed by atoms with Crippen molar-refractivity contribution in [3.63, 3.8) is 0 Å². The first-order valence-corrected chi connectivity index (χ1v) is 5.48. The number of benzene rings is 1. The van der Waals surface area contributed by atoms with Crippen molar-refractivity contribution in [2.45, 2.75) is 11.8 Å². The Morgan fingerprint density at radius 2 is 1.64 bits per heavy atom. The number of hydrogen-bond donors (Lipinski definition) is 1. The standard InChI is InChI=1S/C7H8O2S2.Na.2H2O.H/c1-6-2-4-7(5-3-6)11(8,9)10;;;;/h2-5H,1H3,(H,8,9,10);;2*1H2;/q;+1;;;-1. The van der Waals surface area contributed by atoms with Crippen molar-refractivity contribution in [2.24, 2.45) is 0 Å². The van der Waals surface area contributed by atoms with Crippen LogP contribution in [-0.4, -0.2) is 19.7 Å². The minimum absolute atomic E-state index is 0. The molecule has 0 aromatic heterocycles. The molecule has 5 N–H and O–H groups in total. The van der Waals surface area contributed by atoms with E-state index in [9.17, 15) is 4.21 Å². The van der Waals surface area contributed by atoms with E-state index < -0.39 is 8.77 Å². The van der Waals surface area contributed by atoms with Crippen LogP contribution in [0.1, 0.15) is 6.99 Å². The van der Waals surface area contributed by atoms with E-state index in [0.29, 0.717) is 4.90 Å². The summed E-state index contributed by atoms with van der Waals surface area (Å²) >= 11 is 4.38. The predicted molar refractivity (Wildman–Crippen MR) is 55.9 cm³/mol. The van der Waals surface area contributed by atoms with Crippen molar-refractivity contribution in [3.8, 4) is 0 Å². The summed E-state index contributed by atoms with van der Waals surface area (Å²) < 4.78 is 19.8. The van der Waals surface area contributed by atoms with Gasteiger partial charge in [-0.05, 0) is 19.1 Å². The number of rotatable bonds is 1. The quantitative estimate of drug-likeness (QED) is 0.537. The zero-order valence-electron chi connectivity index (χ0n) is 8.98. The summed E-state index contributed by atoms with van der Waals surface area (Å²) in [4.78, 5) is 0.304. The van der Waals surface area contributed by atoms with Crippen LogP contribution in [0.15, 0.2) is 29.2 Å². The van der Waals surface area contributed by atoms with Gasteiger partial charge in [-0.25, -0.2) is 4.21 Å². The van der Waals surface area contributed by atoms with Gasteiger partial charge >= 0.3 is 29.6 Å². The third-order valence-corrected chi connectivity index (χ3v) is 2.76. The summed E-state index contributed by atoms with van der Waals surface area (Å²) in [5.74, 6) is 0. The molecule has 0 saturated heterocycles. The normalized spacial score (nSPS) is 12.4. The van der Waals surface area contributed by atoms with Crippen molar-refractivity contribution in [2.75, 3.05) is 0 Å². The molecule has 0 aliphatic carbocycles. The second kappa shape index (κ2) is 7.72. The Morgan fingerprint density at radius 3 is 1.93 bits per heavy atom. The largest absolute Gasteiger partial charge is 1.00 e. The SMILES string of the molecule is Cc1ccc(S(=O)(O)=S)cc1.O.O.[H-].[Na+]. The van der Waals surface area contributed by atoms with Crippen LogP contribution in [0.25, 0.3) is 0 Å². The van der Waals surface area contributed by atoms with Crippen LogP contribution in [-0.2, 0) is 20.0 Å². The van der Waals surface area contributed by atoms with Crippen LogP contribution in [0.2, 0.25) is 0 Å². The zero-order chi connectivity index (χ0) is 8.48. The molecule has 1 aromatic carbocycles. The van der Waals surface area contributed by atoms with Crippen LogP contribution in [0.5, 0.6) is 0 Å². The Bertz CT molecular complexity index is 352. The smallest absolute Gasteiger partial charge is 1.00 e. The van der Waals surface area contributed by atoms with E-state index in [1.165, 1.54) is 0 Å². The van der Waals surface area contributed by atoms with Gasteiger partial charge in [-0.2, -0.15) is 0 Å². The molecular formula is C7H13NaO4S2. The van der Waals surface area contributed by atoms with E-state index in [0.717, 1.165) is 5.56 Å². The second-order valence-electron chi connectivity index (χ2n) is 2.29. The van der Waals surface area contributed by atoms with Gasteiger partial charge in [0.25, 0.3) is 0 Å². The van der Waals surface area contributed by atoms with Gasteiger partial charge in [0.1, 0.15) is 0 Å². The van der Waals surface area contributed by atoms with Crippen LogP contribution < -0.4 is 29.6 Å². The third-order valence-electron chi connectivity index (χ3n) is 1.32. The van der Waals surface area contributed by atoms with Gasteiger partial charge in [0.2, 0.25) is 0 Å². The van der Waals surface area contributed by atoms with Crippen molar-refractivity contribution < 1.29 is 50.7 Å². The Hall–Kier alpha value is 0.470. The predicted octanol–water partition coefficient (Wildman–Crippen LogP) is -2.96. The summed E-state index contributed by atoms with van der Waals surface area (Å²) in [5.41, 5.74) is 1.05. The molecule has 1 atom stereocenters. The zero-order valence-corrected chi connectivity index (χ0v) is 11.6. The van der Waals surface area contributed by atoms with Crippen LogP contribution in [0.4, 0.5) is 0 Å². The molecule has 1 aromatic rings. The van der Waals surface area contributed by atoms with Crippen LogP contribution in [0.3, 0.4) is 0 Å². The second-order valence-corrected chi connectivity index (χ2v) is 5.07. The van der Waals surface area contributed by atoms with Gasteiger partial charge in [-0.1, -0.05) is 17.7 Å². The molecule has 0 saturated carbocycles. The Morgan fingerprint density at radius 1 is 1.29 bits per heavy atom.